The Morgan fingerprint density at radius 3 is 1.26 bits per heavy atom. The number of hydrogen-bond donors (Lipinski definition) is 0. The van der Waals surface area contributed by atoms with E-state index in [1.165, 1.54) is 24.5 Å². The minimum atomic E-state index is -0.0786. The van der Waals surface area contributed by atoms with Crippen molar-refractivity contribution in [1.29, 1.82) is 0 Å². The molecule has 0 heterocycles. The standard InChI is InChI=1S/C24H19S2.Y/c1-4-10-20(11-5-1)25-21-16-18-24(19-17-21)26(22-12-6-2-7-13-22)23-14-8-3-9-15-23;/h1-19H;/q+1;. The van der Waals surface area contributed by atoms with Crippen molar-refractivity contribution in [2.45, 2.75) is 24.5 Å². The SMILES string of the molecule is [Y].c1ccc(Sc2ccc([S+](c3ccccc3)c3ccccc3)cc2)cc1. The first-order valence-corrected chi connectivity index (χ1v) is 10.6. The van der Waals surface area contributed by atoms with Crippen molar-refractivity contribution in [3.63, 3.8) is 0 Å². The Labute approximate surface area is 193 Å². The zero-order valence-electron chi connectivity index (χ0n) is 14.9. The molecule has 129 valence electrons. The molecule has 0 amide bonds. The molecule has 0 spiro atoms. The summed E-state index contributed by atoms with van der Waals surface area (Å²) in [5.41, 5.74) is 0. The van der Waals surface area contributed by atoms with Gasteiger partial charge in [0, 0.05) is 42.5 Å². The van der Waals surface area contributed by atoms with Gasteiger partial charge in [-0.15, -0.1) is 0 Å². The smallest absolute Gasteiger partial charge is 0.0901 e. The largest absolute Gasteiger partial charge is 0.166 e. The molecular weight excluding hydrogens is 441 g/mol. The Balaban J connectivity index is 0.00000210. The fourth-order valence-electron chi connectivity index (χ4n) is 2.79. The van der Waals surface area contributed by atoms with E-state index in [0.717, 1.165) is 0 Å². The summed E-state index contributed by atoms with van der Waals surface area (Å²) in [6.07, 6.45) is 0. The molecule has 0 saturated heterocycles. The monoisotopic (exact) mass is 460 g/mol. The molecule has 0 atom stereocenters. The molecule has 1 radical (unpaired) electrons. The summed E-state index contributed by atoms with van der Waals surface area (Å²) < 4.78 is 0. The summed E-state index contributed by atoms with van der Waals surface area (Å²) in [6, 6.07) is 41.1. The van der Waals surface area contributed by atoms with Crippen LogP contribution in [0, 0.1) is 0 Å². The van der Waals surface area contributed by atoms with Gasteiger partial charge in [-0.25, -0.2) is 0 Å². The quantitative estimate of drug-likeness (QED) is 0.291. The molecule has 0 aliphatic rings. The molecule has 0 fully saturated rings. The normalized spacial score (nSPS) is 10.4. The van der Waals surface area contributed by atoms with Gasteiger partial charge < -0.3 is 0 Å². The van der Waals surface area contributed by atoms with Gasteiger partial charge in [0.1, 0.15) is 0 Å². The average molecular weight is 460 g/mol. The molecule has 4 rings (SSSR count). The molecule has 0 unspecified atom stereocenters. The summed E-state index contributed by atoms with van der Waals surface area (Å²) in [7, 11) is -0.0786. The minimum absolute atomic E-state index is 0. The van der Waals surface area contributed by atoms with Crippen LogP contribution in [0.5, 0.6) is 0 Å². The second-order valence-corrected chi connectivity index (χ2v) is 8.99. The summed E-state index contributed by atoms with van der Waals surface area (Å²) in [5, 5.41) is 0. The van der Waals surface area contributed by atoms with E-state index >= 15 is 0 Å². The van der Waals surface area contributed by atoms with Gasteiger partial charge in [-0.2, -0.15) is 0 Å². The first kappa shape index (κ1) is 20.4. The topological polar surface area (TPSA) is 0 Å². The maximum absolute atomic E-state index is 2.27. The maximum Gasteiger partial charge on any atom is 0.166 e. The van der Waals surface area contributed by atoms with Gasteiger partial charge in [0.15, 0.2) is 14.7 Å². The molecule has 0 aliphatic heterocycles. The molecule has 0 saturated carbocycles. The molecule has 0 bridgehead atoms. The summed E-state index contributed by atoms with van der Waals surface area (Å²) in [4.78, 5) is 6.58. The molecule has 3 heteroatoms. The second-order valence-electron chi connectivity index (χ2n) is 5.82. The summed E-state index contributed by atoms with van der Waals surface area (Å²) in [5.74, 6) is 0. The predicted molar refractivity (Wildman–Crippen MR) is 112 cm³/mol. The van der Waals surface area contributed by atoms with E-state index in [1.54, 1.807) is 11.8 Å². The summed E-state index contributed by atoms with van der Waals surface area (Å²) in [6.45, 7) is 0. The molecule has 0 aliphatic carbocycles. The zero-order valence-corrected chi connectivity index (χ0v) is 19.3. The van der Waals surface area contributed by atoms with Crippen molar-refractivity contribution in [2.24, 2.45) is 0 Å². The van der Waals surface area contributed by atoms with Crippen LogP contribution in [-0.2, 0) is 43.6 Å². The molecule has 0 N–H and O–H groups in total. The van der Waals surface area contributed by atoms with E-state index in [2.05, 4.69) is 115 Å². The van der Waals surface area contributed by atoms with Crippen molar-refractivity contribution in [2.75, 3.05) is 0 Å². The van der Waals surface area contributed by atoms with Gasteiger partial charge >= 0.3 is 0 Å². The Morgan fingerprint density at radius 1 is 0.407 bits per heavy atom. The molecule has 0 nitrogen and oxygen atoms in total. The van der Waals surface area contributed by atoms with E-state index in [9.17, 15) is 0 Å². The van der Waals surface area contributed by atoms with E-state index in [4.69, 9.17) is 0 Å². The van der Waals surface area contributed by atoms with Gasteiger partial charge in [-0.1, -0.05) is 66.4 Å². The molecular formula is C24H19S2Y+. The number of rotatable bonds is 5. The van der Waals surface area contributed by atoms with Gasteiger partial charge in [-0.3, -0.25) is 0 Å². The average Bonchev–Trinajstić information content (AvgIpc) is 2.72. The fourth-order valence-corrected chi connectivity index (χ4v) is 5.71. The minimum Gasteiger partial charge on any atom is -0.0901 e. The van der Waals surface area contributed by atoms with Crippen LogP contribution in [0.1, 0.15) is 0 Å². The van der Waals surface area contributed by atoms with Crippen molar-refractivity contribution >= 4 is 22.7 Å². The van der Waals surface area contributed by atoms with Gasteiger partial charge in [-0.05, 0) is 60.7 Å². The molecule has 4 aromatic rings. The third-order valence-corrected chi connectivity index (χ3v) is 7.24. The van der Waals surface area contributed by atoms with Crippen LogP contribution in [0.4, 0.5) is 0 Å². The van der Waals surface area contributed by atoms with Crippen molar-refractivity contribution in [1.82, 2.24) is 0 Å². The van der Waals surface area contributed by atoms with Crippen molar-refractivity contribution < 1.29 is 32.7 Å². The van der Waals surface area contributed by atoms with E-state index in [0.29, 0.717) is 0 Å². The van der Waals surface area contributed by atoms with Crippen LogP contribution in [0.25, 0.3) is 0 Å². The Morgan fingerprint density at radius 2 is 0.778 bits per heavy atom. The first-order valence-electron chi connectivity index (χ1n) is 8.57. The molecule has 4 aromatic carbocycles. The Bertz CT molecular complexity index is 900. The van der Waals surface area contributed by atoms with Crippen molar-refractivity contribution in [3.8, 4) is 0 Å². The van der Waals surface area contributed by atoms with E-state index in [-0.39, 0.29) is 43.6 Å². The van der Waals surface area contributed by atoms with Gasteiger partial charge in [0.25, 0.3) is 0 Å². The zero-order chi connectivity index (χ0) is 17.6. The van der Waals surface area contributed by atoms with Crippen LogP contribution in [0.3, 0.4) is 0 Å². The van der Waals surface area contributed by atoms with Gasteiger partial charge in [0.05, 0.1) is 10.9 Å². The Hall–Kier alpha value is -1.32. The second kappa shape index (κ2) is 10.3. The van der Waals surface area contributed by atoms with Crippen LogP contribution < -0.4 is 0 Å². The summed E-state index contributed by atoms with van der Waals surface area (Å²) >= 11 is 1.80. The van der Waals surface area contributed by atoms with Crippen LogP contribution in [0.15, 0.2) is 140 Å². The van der Waals surface area contributed by atoms with E-state index in [1.807, 2.05) is 0 Å². The third kappa shape index (κ3) is 5.36. The fraction of sp³-hybridized carbons (Fsp3) is 0. The van der Waals surface area contributed by atoms with Gasteiger partial charge in [0.2, 0.25) is 0 Å². The maximum atomic E-state index is 2.27. The molecule has 27 heavy (non-hydrogen) atoms. The van der Waals surface area contributed by atoms with E-state index < -0.39 is 0 Å². The first-order chi connectivity index (χ1) is 12.9. The van der Waals surface area contributed by atoms with Crippen LogP contribution >= 0.6 is 11.8 Å². The number of benzene rings is 4. The third-order valence-electron chi connectivity index (χ3n) is 4.00. The van der Waals surface area contributed by atoms with Crippen LogP contribution in [-0.4, -0.2) is 0 Å². The molecule has 0 aromatic heterocycles. The Kier molecular flexibility index (Phi) is 7.78. The van der Waals surface area contributed by atoms with Crippen LogP contribution in [0.2, 0.25) is 0 Å². The predicted octanol–water partition coefficient (Wildman–Crippen LogP) is 6.93. The number of hydrogen-bond acceptors (Lipinski definition) is 1. The van der Waals surface area contributed by atoms with Crippen molar-refractivity contribution in [3.05, 3.63) is 115 Å².